The van der Waals surface area contributed by atoms with Gasteiger partial charge in [0.2, 0.25) is 5.91 Å². The number of fused-ring (bicyclic) bond motifs is 1. The van der Waals surface area contributed by atoms with Crippen LogP contribution in [0.25, 0.3) is 0 Å². The number of halogens is 2. The maximum Gasteiger partial charge on any atom is 0.271 e. The van der Waals surface area contributed by atoms with E-state index in [-0.39, 0.29) is 24.1 Å². The summed E-state index contributed by atoms with van der Waals surface area (Å²) in [6.45, 7) is 0.159. The van der Waals surface area contributed by atoms with Crippen LogP contribution >= 0.6 is 0 Å². The van der Waals surface area contributed by atoms with Crippen molar-refractivity contribution in [2.45, 2.75) is 25.3 Å². The molecule has 2 heterocycles. The van der Waals surface area contributed by atoms with Gasteiger partial charge in [-0.3, -0.25) is 4.79 Å². The zero-order valence-corrected chi connectivity index (χ0v) is 6.52. The Labute approximate surface area is 68.8 Å². The molecule has 0 aromatic heterocycles. The molecule has 2 rings (SSSR count). The molecule has 0 spiro atoms. The van der Waals surface area contributed by atoms with E-state index >= 15 is 0 Å². The van der Waals surface area contributed by atoms with Crippen LogP contribution < -0.4 is 0 Å². The first kappa shape index (κ1) is 7.71. The number of nitrogens with zero attached hydrogens (tertiary/aromatic N) is 1. The molecule has 0 aromatic rings. The number of hydrogen-bond acceptors (Lipinski definition) is 1. The van der Waals surface area contributed by atoms with Crippen LogP contribution in [0.3, 0.4) is 0 Å². The number of hydrogen-bond donors (Lipinski definition) is 0. The average Bonchev–Trinajstić information content (AvgIpc) is 2.53. The van der Waals surface area contributed by atoms with Crippen molar-refractivity contribution in [1.82, 2.24) is 4.90 Å². The maximum atomic E-state index is 12.1. The minimum atomic E-state index is -1.60. The monoisotopic (exact) mass is 173 g/mol. The smallest absolute Gasteiger partial charge is 0.271 e. The molecule has 0 N–H and O–H groups in total. The van der Waals surface area contributed by atoms with E-state index in [1.807, 2.05) is 0 Å². The second-order valence-electron chi connectivity index (χ2n) is 3.28. The van der Waals surface area contributed by atoms with Gasteiger partial charge in [0.05, 0.1) is 0 Å². The third-order valence-electron chi connectivity index (χ3n) is 2.56. The Morgan fingerprint density at radius 1 is 1.50 bits per heavy atom. The third-order valence-corrected chi connectivity index (χ3v) is 2.56. The van der Waals surface area contributed by atoms with Gasteiger partial charge >= 0.3 is 0 Å². The van der Waals surface area contributed by atoms with E-state index in [0.29, 0.717) is 12.8 Å². The van der Waals surface area contributed by atoms with Crippen molar-refractivity contribution in [2.24, 2.45) is 0 Å². The van der Waals surface area contributed by atoms with Gasteiger partial charge in [-0.05, 0) is 12.8 Å². The molecule has 0 radical (unpaired) electrons. The lowest BCUT2D eigenvalue weighted by atomic mass is 10.1. The number of carbonyl (C=O) groups is 1. The van der Waals surface area contributed by atoms with Crippen molar-refractivity contribution in [2.75, 3.05) is 6.54 Å². The van der Waals surface area contributed by atoms with Gasteiger partial charge in [0.15, 0.2) is 0 Å². The fourth-order valence-corrected chi connectivity index (χ4v) is 1.91. The second kappa shape index (κ2) is 2.54. The lowest BCUT2D eigenvalue weighted by Crippen LogP contribution is -2.26. The molecule has 1 atom stereocenters. The van der Waals surface area contributed by atoms with Crippen molar-refractivity contribution >= 4 is 5.91 Å². The van der Waals surface area contributed by atoms with Crippen molar-refractivity contribution in [3.63, 3.8) is 0 Å². The Kier molecular flexibility index (Phi) is 1.63. The van der Waals surface area contributed by atoms with E-state index in [1.165, 1.54) is 0 Å². The van der Waals surface area contributed by atoms with E-state index in [9.17, 15) is 13.6 Å². The first-order valence-corrected chi connectivity index (χ1v) is 4.01. The normalized spacial score (nSPS) is 28.2. The van der Waals surface area contributed by atoms with Crippen LogP contribution in [0, 0.1) is 0 Å². The molecular weight excluding hydrogens is 164 g/mol. The van der Waals surface area contributed by atoms with E-state index in [1.54, 1.807) is 4.90 Å². The lowest BCUT2D eigenvalue weighted by molar-refractivity contribution is -0.127. The molecule has 0 aliphatic carbocycles. The lowest BCUT2D eigenvalue weighted by Gasteiger charge is -2.12. The van der Waals surface area contributed by atoms with Gasteiger partial charge in [-0.15, -0.1) is 0 Å². The predicted molar refractivity (Wildman–Crippen MR) is 38.6 cm³/mol. The summed E-state index contributed by atoms with van der Waals surface area (Å²) >= 11 is 0. The Hall–Kier alpha value is -0.930. The van der Waals surface area contributed by atoms with Crippen molar-refractivity contribution in [3.8, 4) is 0 Å². The molecule has 4 heteroatoms. The van der Waals surface area contributed by atoms with Gasteiger partial charge in [0.25, 0.3) is 6.08 Å². The standard InChI is InChI=1S/C8H9F2NO/c9-8(10)5-3-6-1-2-7(12)11(6)4-5/h6H,1-4H2. The SMILES string of the molecule is O=C1CCC2CC(=C(F)F)CN12. The summed E-state index contributed by atoms with van der Waals surface area (Å²) in [6, 6.07) is 0.0639. The Morgan fingerprint density at radius 3 is 2.83 bits per heavy atom. The van der Waals surface area contributed by atoms with Gasteiger partial charge in [-0.1, -0.05) is 0 Å². The zero-order valence-electron chi connectivity index (χ0n) is 6.52. The summed E-state index contributed by atoms with van der Waals surface area (Å²) < 4.78 is 24.2. The summed E-state index contributed by atoms with van der Waals surface area (Å²) in [4.78, 5) is 12.6. The highest BCUT2D eigenvalue weighted by Crippen LogP contribution is 2.33. The van der Waals surface area contributed by atoms with Crippen LogP contribution in [0.15, 0.2) is 11.7 Å². The van der Waals surface area contributed by atoms with Crippen LogP contribution in [0.5, 0.6) is 0 Å². The molecular formula is C8H9F2NO. The van der Waals surface area contributed by atoms with Crippen LogP contribution in [-0.2, 0) is 4.79 Å². The second-order valence-corrected chi connectivity index (χ2v) is 3.28. The zero-order chi connectivity index (χ0) is 8.72. The fourth-order valence-electron chi connectivity index (χ4n) is 1.91. The average molecular weight is 173 g/mol. The molecule has 1 unspecified atom stereocenters. The fraction of sp³-hybridized carbons (Fsp3) is 0.625. The quantitative estimate of drug-likeness (QED) is 0.544. The maximum absolute atomic E-state index is 12.1. The predicted octanol–water partition coefficient (Wildman–Crippen LogP) is 1.53. The van der Waals surface area contributed by atoms with Crippen molar-refractivity contribution in [1.29, 1.82) is 0 Å². The van der Waals surface area contributed by atoms with Crippen LogP contribution in [0.2, 0.25) is 0 Å². The highest BCUT2D eigenvalue weighted by molar-refractivity contribution is 5.79. The summed E-state index contributed by atoms with van der Waals surface area (Å²) in [5.74, 6) is 0.0243. The van der Waals surface area contributed by atoms with Crippen molar-refractivity contribution < 1.29 is 13.6 Å². The third kappa shape index (κ3) is 1.02. The molecule has 0 bridgehead atoms. The summed E-state index contributed by atoms with van der Waals surface area (Å²) in [7, 11) is 0. The van der Waals surface area contributed by atoms with Crippen LogP contribution in [0.1, 0.15) is 19.3 Å². The summed E-state index contributed by atoms with van der Waals surface area (Å²) in [6.07, 6.45) is 0.0624. The molecule has 1 amide bonds. The molecule has 2 nitrogen and oxygen atoms in total. The van der Waals surface area contributed by atoms with Gasteiger partial charge in [0.1, 0.15) is 0 Å². The number of carbonyl (C=O) groups excluding carboxylic acids is 1. The molecule has 12 heavy (non-hydrogen) atoms. The minimum absolute atomic E-state index is 0.0243. The van der Waals surface area contributed by atoms with E-state index in [0.717, 1.165) is 6.42 Å². The Balaban J connectivity index is 2.18. The van der Waals surface area contributed by atoms with E-state index in [2.05, 4.69) is 0 Å². The summed E-state index contributed by atoms with van der Waals surface area (Å²) in [5, 5.41) is 0. The Morgan fingerprint density at radius 2 is 2.25 bits per heavy atom. The molecule has 2 fully saturated rings. The number of rotatable bonds is 0. The first-order chi connectivity index (χ1) is 5.68. The molecule has 2 aliphatic heterocycles. The van der Waals surface area contributed by atoms with Crippen LogP contribution in [-0.4, -0.2) is 23.4 Å². The molecule has 0 aromatic carbocycles. The van der Waals surface area contributed by atoms with Gasteiger partial charge < -0.3 is 4.90 Å². The number of amides is 1. The van der Waals surface area contributed by atoms with Gasteiger partial charge in [-0.25, -0.2) is 0 Å². The topological polar surface area (TPSA) is 20.3 Å². The molecule has 2 saturated heterocycles. The summed E-state index contributed by atoms with van der Waals surface area (Å²) in [5.41, 5.74) is 0.146. The highest BCUT2D eigenvalue weighted by Gasteiger charge is 2.38. The first-order valence-electron chi connectivity index (χ1n) is 4.01. The van der Waals surface area contributed by atoms with Crippen LogP contribution in [0.4, 0.5) is 8.78 Å². The largest absolute Gasteiger partial charge is 0.335 e. The molecule has 2 aliphatic rings. The highest BCUT2D eigenvalue weighted by atomic mass is 19.3. The van der Waals surface area contributed by atoms with E-state index in [4.69, 9.17) is 0 Å². The minimum Gasteiger partial charge on any atom is -0.335 e. The molecule has 66 valence electrons. The Bertz CT molecular complexity index is 258. The van der Waals surface area contributed by atoms with Crippen molar-refractivity contribution in [3.05, 3.63) is 11.7 Å². The van der Waals surface area contributed by atoms with Gasteiger partial charge in [-0.2, -0.15) is 8.78 Å². The molecule has 0 saturated carbocycles. The van der Waals surface area contributed by atoms with E-state index < -0.39 is 6.08 Å². The van der Waals surface area contributed by atoms with Gasteiger partial charge in [0, 0.05) is 24.6 Å².